The van der Waals surface area contributed by atoms with E-state index in [1.807, 2.05) is 0 Å². The summed E-state index contributed by atoms with van der Waals surface area (Å²) in [6.45, 7) is 6.22. The molecule has 3 heteroatoms. The average Bonchev–Trinajstić information content (AvgIpc) is 2.46. The third kappa shape index (κ3) is 2.67. The SMILES string of the molecule is CCCc1nc(C)cc(N2CCc3ccccc3C2)n1. The molecule has 1 aliphatic heterocycles. The predicted octanol–water partition coefficient (Wildman–Crippen LogP) is 3.30. The Bertz CT molecular complexity index is 607. The number of benzene rings is 1. The Balaban J connectivity index is 1.87. The van der Waals surface area contributed by atoms with Crippen LogP contribution in [0.5, 0.6) is 0 Å². The van der Waals surface area contributed by atoms with Crippen molar-refractivity contribution in [2.24, 2.45) is 0 Å². The van der Waals surface area contributed by atoms with Crippen LogP contribution in [0, 0.1) is 6.92 Å². The van der Waals surface area contributed by atoms with E-state index in [9.17, 15) is 0 Å². The maximum atomic E-state index is 4.73. The van der Waals surface area contributed by atoms with Gasteiger partial charge in [0.1, 0.15) is 11.6 Å². The lowest BCUT2D eigenvalue weighted by Gasteiger charge is -2.30. The van der Waals surface area contributed by atoms with Gasteiger partial charge in [0, 0.05) is 31.3 Å². The van der Waals surface area contributed by atoms with Crippen molar-refractivity contribution in [3.63, 3.8) is 0 Å². The number of aromatic nitrogens is 2. The van der Waals surface area contributed by atoms with Crippen molar-refractivity contribution in [2.45, 2.75) is 39.7 Å². The molecular weight excluding hydrogens is 246 g/mol. The molecule has 2 aromatic rings. The Labute approximate surface area is 120 Å². The Morgan fingerprint density at radius 2 is 1.95 bits per heavy atom. The molecule has 0 N–H and O–H groups in total. The molecule has 0 fully saturated rings. The second kappa shape index (κ2) is 5.61. The minimum atomic E-state index is 0.957. The third-order valence-electron chi connectivity index (χ3n) is 3.82. The summed E-state index contributed by atoms with van der Waals surface area (Å²) in [6, 6.07) is 10.8. The summed E-state index contributed by atoms with van der Waals surface area (Å²) in [5.41, 5.74) is 3.97. The van der Waals surface area contributed by atoms with Crippen LogP contribution < -0.4 is 4.90 Å². The number of anilines is 1. The maximum Gasteiger partial charge on any atom is 0.132 e. The van der Waals surface area contributed by atoms with E-state index in [0.29, 0.717) is 0 Å². The van der Waals surface area contributed by atoms with Crippen LogP contribution in [0.4, 0.5) is 5.82 Å². The molecule has 1 aliphatic rings. The second-order valence-corrected chi connectivity index (χ2v) is 5.47. The zero-order valence-electron chi connectivity index (χ0n) is 12.3. The van der Waals surface area contributed by atoms with E-state index < -0.39 is 0 Å². The summed E-state index contributed by atoms with van der Waals surface area (Å²) in [7, 11) is 0. The molecule has 0 unspecified atom stereocenters. The molecule has 0 bridgehead atoms. The summed E-state index contributed by atoms with van der Waals surface area (Å²) in [4.78, 5) is 11.6. The van der Waals surface area contributed by atoms with Gasteiger partial charge in [0.2, 0.25) is 0 Å². The van der Waals surface area contributed by atoms with E-state index >= 15 is 0 Å². The van der Waals surface area contributed by atoms with Crippen LogP contribution in [-0.4, -0.2) is 16.5 Å². The molecule has 0 saturated heterocycles. The molecule has 0 atom stereocenters. The Hall–Kier alpha value is -1.90. The van der Waals surface area contributed by atoms with Gasteiger partial charge >= 0.3 is 0 Å². The zero-order chi connectivity index (χ0) is 13.9. The van der Waals surface area contributed by atoms with Gasteiger partial charge in [-0.15, -0.1) is 0 Å². The molecule has 0 spiro atoms. The molecule has 0 saturated carbocycles. The van der Waals surface area contributed by atoms with Gasteiger partial charge in [0.05, 0.1) is 0 Å². The van der Waals surface area contributed by atoms with Gasteiger partial charge in [0.15, 0.2) is 0 Å². The fraction of sp³-hybridized carbons (Fsp3) is 0.412. The monoisotopic (exact) mass is 267 g/mol. The highest BCUT2D eigenvalue weighted by Gasteiger charge is 2.17. The zero-order valence-corrected chi connectivity index (χ0v) is 12.3. The summed E-state index contributed by atoms with van der Waals surface area (Å²) < 4.78 is 0. The highest BCUT2D eigenvalue weighted by atomic mass is 15.2. The van der Waals surface area contributed by atoms with Gasteiger partial charge in [-0.2, -0.15) is 0 Å². The van der Waals surface area contributed by atoms with Crippen molar-refractivity contribution in [2.75, 3.05) is 11.4 Å². The van der Waals surface area contributed by atoms with Crippen molar-refractivity contribution >= 4 is 5.82 Å². The van der Waals surface area contributed by atoms with E-state index in [4.69, 9.17) is 4.98 Å². The molecule has 3 nitrogen and oxygen atoms in total. The fourth-order valence-corrected chi connectivity index (χ4v) is 2.80. The van der Waals surface area contributed by atoms with Crippen molar-refractivity contribution in [3.05, 3.63) is 53.0 Å². The minimum absolute atomic E-state index is 0.957. The lowest BCUT2D eigenvalue weighted by Crippen LogP contribution is -2.31. The second-order valence-electron chi connectivity index (χ2n) is 5.47. The first-order valence-electron chi connectivity index (χ1n) is 7.42. The average molecular weight is 267 g/mol. The first-order valence-corrected chi connectivity index (χ1v) is 7.42. The fourth-order valence-electron chi connectivity index (χ4n) is 2.80. The van der Waals surface area contributed by atoms with E-state index in [2.05, 4.69) is 54.1 Å². The maximum absolute atomic E-state index is 4.73. The lowest BCUT2D eigenvalue weighted by molar-refractivity contribution is 0.709. The van der Waals surface area contributed by atoms with E-state index in [1.165, 1.54) is 11.1 Å². The Kier molecular flexibility index (Phi) is 3.68. The summed E-state index contributed by atoms with van der Waals surface area (Å²) in [6.07, 6.45) is 3.15. The number of aryl methyl sites for hydroxylation is 2. The highest BCUT2D eigenvalue weighted by molar-refractivity contribution is 5.44. The molecule has 104 valence electrons. The molecule has 3 rings (SSSR count). The largest absolute Gasteiger partial charge is 0.352 e. The smallest absolute Gasteiger partial charge is 0.132 e. The van der Waals surface area contributed by atoms with Crippen LogP contribution in [0.25, 0.3) is 0 Å². The number of nitrogens with zero attached hydrogens (tertiary/aromatic N) is 3. The summed E-state index contributed by atoms with van der Waals surface area (Å²) in [5, 5.41) is 0. The van der Waals surface area contributed by atoms with Crippen LogP contribution in [-0.2, 0) is 19.4 Å². The molecule has 1 aromatic heterocycles. The quantitative estimate of drug-likeness (QED) is 0.854. The van der Waals surface area contributed by atoms with Crippen LogP contribution in [0.1, 0.15) is 36.0 Å². The van der Waals surface area contributed by atoms with Gasteiger partial charge in [-0.1, -0.05) is 31.2 Å². The normalized spacial score (nSPS) is 14.2. The van der Waals surface area contributed by atoms with E-state index in [-0.39, 0.29) is 0 Å². The number of fused-ring (bicyclic) bond motifs is 1. The molecular formula is C17H21N3. The van der Waals surface area contributed by atoms with Gasteiger partial charge in [0.25, 0.3) is 0 Å². The molecule has 0 radical (unpaired) electrons. The first-order chi connectivity index (χ1) is 9.76. The Morgan fingerprint density at radius 3 is 2.75 bits per heavy atom. The van der Waals surface area contributed by atoms with Crippen molar-refractivity contribution in [3.8, 4) is 0 Å². The van der Waals surface area contributed by atoms with E-state index in [1.54, 1.807) is 0 Å². The van der Waals surface area contributed by atoms with Gasteiger partial charge < -0.3 is 4.90 Å². The standard InChI is InChI=1S/C17H21N3/c1-3-6-16-18-13(2)11-17(19-16)20-10-9-14-7-4-5-8-15(14)12-20/h4-5,7-8,11H,3,6,9-10,12H2,1-2H3. The van der Waals surface area contributed by atoms with Crippen LogP contribution in [0.3, 0.4) is 0 Å². The summed E-state index contributed by atoms with van der Waals surface area (Å²) >= 11 is 0. The van der Waals surface area contributed by atoms with Crippen molar-refractivity contribution < 1.29 is 0 Å². The van der Waals surface area contributed by atoms with Gasteiger partial charge in [-0.05, 0) is 30.9 Å². The lowest BCUT2D eigenvalue weighted by atomic mass is 10.00. The van der Waals surface area contributed by atoms with Crippen LogP contribution in [0.15, 0.2) is 30.3 Å². The highest BCUT2D eigenvalue weighted by Crippen LogP contribution is 2.23. The number of hydrogen-bond acceptors (Lipinski definition) is 3. The molecule has 20 heavy (non-hydrogen) atoms. The predicted molar refractivity (Wildman–Crippen MR) is 82.0 cm³/mol. The molecule has 2 heterocycles. The van der Waals surface area contributed by atoms with Crippen LogP contribution in [0.2, 0.25) is 0 Å². The van der Waals surface area contributed by atoms with Gasteiger partial charge in [-0.3, -0.25) is 0 Å². The molecule has 1 aromatic carbocycles. The molecule has 0 amide bonds. The molecule has 0 aliphatic carbocycles. The van der Waals surface area contributed by atoms with Crippen LogP contribution >= 0.6 is 0 Å². The van der Waals surface area contributed by atoms with Gasteiger partial charge in [-0.25, -0.2) is 9.97 Å². The Morgan fingerprint density at radius 1 is 1.15 bits per heavy atom. The first kappa shape index (κ1) is 13.1. The number of hydrogen-bond donors (Lipinski definition) is 0. The van der Waals surface area contributed by atoms with Crippen molar-refractivity contribution in [1.82, 2.24) is 9.97 Å². The topological polar surface area (TPSA) is 29.0 Å². The van der Waals surface area contributed by atoms with E-state index in [0.717, 1.165) is 49.7 Å². The van der Waals surface area contributed by atoms with Crippen molar-refractivity contribution in [1.29, 1.82) is 0 Å². The minimum Gasteiger partial charge on any atom is -0.352 e. The third-order valence-corrected chi connectivity index (χ3v) is 3.82. The number of rotatable bonds is 3. The summed E-state index contributed by atoms with van der Waals surface area (Å²) in [5.74, 6) is 2.05.